The first-order chi connectivity index (χ1) is 7.34. The van der Waals surface area contributed by atoms with Crippen molar-refractivity contribution in [2.45, 2.75) is 51.0 Å². The van der Waals surface area contributed by atoms with Crippen LogP contribution in [0, 0.1) is 5.92 Å². The second kappa shape index (κ2) is 5.50. The summed E-state index contributed by atoms with van der Waals surface area (Å²) in [5.41, 5.74) is 0. The number of carbonyl (C=O) groups excluding carboxylic acids is 1. The zero-order valence-electron chi connectivity index (χ0n) is 9.43. The Labute approximate surface area is 92.0 Å². The van der Waals surface area contributed by atoms with Gasteiger partial charge in [-0.15, -0.1) is 0 Å². The third-order valence-corrected chi connectivity index (χ3v) is 3.40. The summed E-state index contributed by atoms with van der Waals surface area (Å²) in [5, 5.41) is 6.43. The second-order valence-electron chi connectivity index (χ2n) is 4.93. The Morgan fingerprint density at radius 1 is 1.33 bits per heavy atom. The molecule has 1 atom stereocenters. The molecule has 15 heavy (non-hydrogen) atoms. The highest BCUT2D eigenvalue weighted by atomic mass is 16.1. The summed E-state index contributed by atoms with van der Waals surface area (Å²) in [7, 11) is 0. The van der Waals surface area contributed by atoms with E-state index in [4.69, 9.17) is 0 Å². The van der Waals surface area contributed by atoms with Gasteiger partial charge in [0, 0.05) is 19.0 Å². The molecule has 0 radical (unpaired) electrons. The van der Waals surface area contributed by atoms with Gasteiger partial charge >= 0.3 is 0 Å². The molecule has 1 heterocycles. The van der Waals surface area contributed by atoms with Crippen molar-refractivity contribution in [1.29, 1.82) is 0 Å². The molecule has 1 saturated carbocycles. The molecule has 1 unspecified atom stereocenters. The summed E-state index contributed by atoms with van der Waals surface area (Å²) in [6, 6.07) is 0.423. The van der Waals surface area contributed by atoms with Crippen molar-refractivity contribution in [2.24, 2.45) is 5.92 Å². The minimum Gasteiger partial charge on any atom is -0.356 e. The largest absolute Gasteiger partial charge is 0.356 e. The van der Waals surface area contributed by atoms with E-state index in [0.29, 0.717) is 12.5 Å². The third kappa shape index (κ3) is 4.20. The Morgan fingerprint density at radius 2 is 2.20 bits per heavy atom. The lowest BCUT2D eigenvalue weighted by Gasteiger charge is -2.14. The molecule has 0 bridgehead atoms. The Hall–Kier alpha value is -0.570. The lowest BCUT2D eigenvalue weighted by Crippen LogP contribution is -2.33. The fourth-order valence-corrected chi connectivity index (χ4v) is 2.25. The van der Waals surface area contributed by atoms with Crippen LogP contribution in [0.3, 0.4) is 0 Å². The molecule has 0 aromatic rings. The molecule has 0 spiro atoms. The number of hydrogen-bond acceptors (Lipinski definition) is 2. The summed E-state index contributed by atoms with van der Waals surface area (Å²) >= 11 is 0. The van der Waals surface area contributed by atoms with Crippen molar-refractivity contribution in [1.82, 2.24) is 10.6 Å². The Kier molecular flexibility index (Phi) is 4.01. The van der Waals surface area contributed by atoms with Gasteiger partial charge in [0.1, 0.15) is 0 Å². The van der Waals surface area contributed by atoms with Gasteiger partial charge in [-0.1, -0.05) is 12.8 Å². The van der Waals surface area contributed by atoms with E-state index in [2.05, 4.69) is 10.6 Å². The zero-order valence-corrected chi connectivity index (χ0v) is 9.43. The molecule has 2 fully saturated rings. The molecule has 86 valence electrons. The summed E-state index contributed by atoms with van der Waals surface area (Å²) in [5.74, 6) is 1.25. The highest BCUT2D eigenvalue weighted by molar-refractivity contribution is 5.76. The Bertz CT molecular complexity index is 214. The molecular weight excluding hydrogens is 188 g/mol. The van der Waals surface area contributed by atoms with Gasteiger partial charge in [0.2, 0.25) is 5.91 Å². The molecule has 3 nitrogen and oxygen atoms in total. The van der Waals surface area contributed by atoms with E-state index in [1.54, 1.807) is 0 Å². The molecule has 0 aromatic heterocycles. The van der Waals surface area contributed by atoms with Gasteiger partial charge in [-0.3, -0.25) is 4.79 Å². The molecular formula is C12H22N2O. The van der Waals surface area contributed by atoms with Crippen LogP contribution in [0.25, 0.3) is 0 Å². The summed E-state index contributed by atoms with van der Waals surface area (Å²) < 4.78 is 0. The molecule has 2 aliphatic rings. The maximum Gasteiger partial charge on any atom is 0.221 e. The SMILES string of the molecule is O=C1CC(NCCCC2CC2)CCCN1. The molecule has 3 heteroatoms. The van der Waals surface area contributed by atoms with Crippen LogP contribution in [0.2, 0.25) is 0 Å². The van der Waals surface area contributed by atoms with Gasteiger partial charge < -0.3 is 10.6 Å². The molecule has 0 aromatic carbocycles. The van der Waals surface area contributed by atoms with Crippen LogP contribution in [0.1, 0.15) is 44.9 Å². The minimum absolute atomic E-state index is 0.215. The summed E-state index contributed by atoms with van der Waals surface area (Å²) in [4.78, 5) is 11.3. The van der Waals surface area contributed by atoms with E-state index >= 15 is 0 Å². The maximum atomic E-state index is 11.3. The van der Waals surface area contributed by atoms with Crippen LogP contribution in [0.15, 0.2) is 0 Å². The van der Waals surface area contributed by atoms with Crippen LogP contribution in [0.4, 0.5) is 0 Å². The first-order valence-electron chi connectivity index (χ1n) is 6.34. The fourth-order valence-electron chi connectivity index (χ4n) is 2.25. The number of rotatable bonds is 5. The first kappa shape index (κ1) is 10.9. The van der Waals surface area contributed by atoms with Gasteiger partial charge in [-0.05, 0) is 38.1 Å². The molecule has 1 saturated heterocycles. The zero-order chi connectivity index (χ0) is 10.5. The smallest absolute Gasteiger partial charge is 0.221 e. The monoisotopic (exact) mass is 210 g/mol. The average molecular weight is 210 g/mol. The minimum atomic E-state index is 0.215. The predicted octanol–water partition coefficient (Wildman–Crippen LogP) is 1.43. The second-order valence-corrected chi connectivity index (χ2v) is 4.93. The Balaban J connectivity index is 1.57. The van der Waals surface area contributed by atoms with Crippen molar-refractivity contribution < 1.29 is 4.79 Å². The van der Waals surface area contributed by atoms with Crippen LogP contribution in [0.5, 0.6) is 0 Å². The van der Waals surface area contributed by atoms with Crippen LogP contribution >= 0.6 is 0 Å². The topological polar surface area (TPSA) is 41.1 Å². The van der Waals surface area contributed by atoms with Gasteiger partial charge in [0.25, 0.3) is 0 Å². The third-order valence-electron chi connectivity index (χ3n) is 3.40. The maximum absolute atomic E-state index is 11.3. The lowest BCUT2D eigenvalue weighted by molar-refractivity contribution is -0.121. The van der Waals surface area contributed by atoms with Crippen molar-refractivity contribution in [2.75, 3.05) is 13.1 Å². The summed E-state index contributed by atoms with van der Waals surface area (Å²) in [6.07, 6.45) is 8.49. The number of amides is 1. The molecule has 1 aliphatic carbocycles. The highest BCUT2D eigenvalue weighted by Crippen LogP contribution is 2.33. The van der Waals surface area contributed by atoms with Crippen molar-refractivity contribution in [3.8, 4) is 0 Å². The van der Waals surface area contributed by atoms with Crippen LogP contribution < -0.4 is 10.6 Å². The number of hydrogen-bond donors (Lipinski definition) is 2. The Morgan fingerprint density at radius 3 is 3.00 bits per heavy atom. The molecule has 1 amide bonds. The standard InChI is InChI=1S/C12H22N2O/c15-12-9-11(4-2-8-14-12)13-7-1-3-10-5-6-10/h10-11,13H,1-9H2,(H,14,15). The van der Waals surface area contributed by atoms with Gasteiger partial charge in [0.05, 0.1) is 0 Å². The van der Waals surface area contributed by atoms with Crippen molar-refractivity contribution in [3.63, 3.8) is 0 Å². The molecule has 2 rings (SSSR count). The normalized spacial score (nSPS) is 27.2. The predicted molar refractivity (Wildman–Crippen MR) is 60.6 cm³/mol. The fraction of sp³-hybridized carbons (Fsp3) is 0.917. The van der Waals surface area contributed by atoms with Crippen LogP contribution in [-0.2, 0) is 4.79 Å². The van der Waals surface area contributed by atoms with E-state index in [1.165, 1.54) is 25.7 Å². The van der Waals surface area contributed by atoms with Gasteiger partial charge in [-0.25, -0.2) is 0 Å². The lowest BCUT2D eigenvalue weighted by atomic mass is 10.1. The average Bonchev–Trinajstić information content (AvgIpc) is 3.01. The van der Waals surface area contributed by atoms with E-state index in [-0.39, 0.29) is 5.91 Å². The van der Waals surface area contributed by atoms with E-state index in [1.807, 2.05) is 0 Å². The van der Waals surface area contributed by atoms with Crippen LogP contribution in [-0.4, -0.2) is 25.0 Å². The number of carbonyl (C=O) groups is 1. The van der Waals surface area contributed by atoms with Gasteiger partial charge in [0.15, 0.2) is 0 Å². The molecule has 2 N–H and O–H groups in total. The van der Waals surface area contributed by atoms with E-state index in [0.717, 1.165) is 31.8 Å². The summed E-state index contributed by atoms with van der Waals surface area (Å²) in [6.45, 7) is 1.95. The van der Waals surface area contributed by atoms with E-state index in [9.17, 15) is 4.79 Å². The van der Waals surface area contributed by atoms with E-state index < -0.39 is 0 Å². The molecule has 1 aliphatic heterocycles. The first-order valence-corrected chi connectivity index (χ1v) is 6.34. The van der Waals surface area contributed by atoms with Gasteiger partial charge in [-0.2, -0.15) is 0 Å². The number of nitrogens with one attached hydrogen (secondary N) is 2. The highest BCUT2D eigenvalue weighted by Gasteiger charge is 2.21. The van der Waals surface area contributed by atoms with Crippen molar-refractivity contribution >= 4 is 5.91 Å². The van der Waals surface area contributed by atoms with Crippen molar-refractivity contribution in [3.05, 3.63) is 0 Å². The quantitative estimate of drug-likeness (QED) is 0.674.